The summed E-state index contributed by atoms with van der Waals surface area (Å²) in [5.41, 5.74) is 7.08. The van der Waals surface area contributed by atoms with E-state index in [1.165, 1.54) is 0 Å². The normalized spacial score (nSPS) is 12.6. The summed E-state index contributed by atoms with van der Waals surface area (Å²) >= 11 is 0. The van der Waals surface area contributed by atoms with E-state index in [9.17, 15) is 4.79 Å². The number of carbonyl (C=O) groups is 1. The highest BCUT2D eigenvalue weighted by Crippen LogP contribution is 2.21. The van der Waals surface area contributed by atoms with Crippen LogP contribution in [0.15, 0.2) is 6.20 Å². The van der Waals surface area contributed by atoms with Crippen molar-refractivity contribution in [2.24, 2.45) is 11.1 Å². The van der Waals surface area contributed by atoms with Gasteiger partial charge in [0.2, 0.25) is 0 Å². The molecule has 0 aromatic carbocycles. The molecule has 0 atom stereocenters. The quantitative estimate of drug-likeness (QED) is 0.917. The molecule has 20 heavy (non-hydrogen) atoms. The van der Waals surface area contributed by atoms with Crippen LogP contribution in [0, 0.1) is 12.3 Å². The Hall–Kier alpha value is -1.36. The number of amides is 1. The Morgan fingerprint density at radius 1 is 1.35 bits per heavy atom. The highest BCUT2D eigenvalue weighted by Gasteiger charge is 2.26. The predicted molar refractivity (Wildman–Crippen MR) is 81.8 cm³/mol. The van der Waals surface area contributed by atoms with Crippen molar-refractivity contribution in [1.82, 2.24) is 14.7 Å². The van der Waals surface area contributed by atoms with Gasteiger partial charge in [-0.1, -0.05) is 13.8 Å². The molecule has 0 saturated heterocycles. The van der Waals surface area contributed by atoms with Crippen LogP contribution >= 0.6 is 0 Å². The van der Waals surface area contributed by atoms with Crippen LogP contribution in [0.5, 0.6) is 0 Å². The summed E-state index contributed by atoms with van der Waals surface area (Å²) in [6.07, 6.45) is 1.66. The van der Waals surface area contributed by atoms with Crippen LogP contribution in [0.25, 0.3) is 0 Å². The molecule has 0 fully saturated rings. The van der Waals surface area contributed by atoms with Crippen molar-refractivity contribution in [3.8, 4) is 0 Å². The molecule has 1 amide bonds. The van der Waals surface area contributed by atoms with Crippen LogP contribution in [0.2, 0.25) is 0 Å². The Labute approximate surface area is 122 Å². The first-order valence-corrected chi connectivity index (χ1v) is 7.00. The van der Waals surface area contributed by atoms with Crippen molar-refractivity contribution in [1.29, 1.82) is 0 Å². The van der Waals surface area contributed by atoms with E-state index < -0.39 is 0 Å². The molecule has 2 N–H and O–H groups in total. The minimum atomic E-state index is -0.127. The predicted octanol–water partition coefficient (Wildman–Crippen LogP) is 2.00. The first-order valence-electron chi connectivity index (χ1n) is 7.00. The summed E-state index contributed by atoms with van der Waals surface area (Å²) in [6.45, 7) is 13.4. The molecule has 0 aliphatic heterocycles. The third-order valence-electron chi connectivity index (χ3n) is 3.44. The molecule has 1 rings (SSSR count). The van der Waals surface area contributed by atoms with Gasteiger partial charge in [-0.2, -0.15) is 5.10 Å². The van der Waals surface area contributed by atoms with Gasteiger partial charge in [0.05, 0.1) is 17.3 Å². The Bertz CT molecular complexity index is 483. The second-order valence-electron chi connectivity index (χ2n) is 7.26. The van der Waals surface area contributed by atoms with E-state index in [4.69, 9.17) is 5.73 Å². The molecular weight excluding hydrogens is 252 g/mol. The second kappa shape index (κ2) is 5.56. The fourth-order valence-corrected chi connectivity index (χ4v) is 2.28. The molecule has 1 aromatic rings. The van der Waals surface area contributed by atoms with E-state index in [0.717, 1.165) is 5.69 Å². The van der Waals surface area contributed by atoms with E-state index >= 15 is 0 Å². The summed E-state index contributed by atoms with van der Waals surface area (Å²) in [4.78, 5) is 14.3. The van der Waals surface area contributed by atoms with Crippen molar-refractivity contribution in [2.75, 3.05) is 20.1 Å². The summed E-state index contributed by atoms with van der Waals surface area (Å²) in [5.74, 6) is -0.000440. The van der Waals surface area contributed by atoms with Crippen LogP contribution in [0.4, 0.5) is 0 Å². The lowest BCUT2D eigenvalue weighted by atomic mass is 9.93. The number of carbonyl (C=O) groups excluding carboxylic acids is 1. The molecular formula is C15H28N4O. The van der Waals surface area contributed by atoms with Crippen LogP contribution in [0.1, 0.15) is 50.7 Å². The van der Waals surface area contributed by atoms with Gasteiger partial charge in [-0.3, -0.25) is 9.48 Å². The maximum atomic E-state index is 12.5. The Morgan fingerprint density at radius 2 is 1.90 bits per heavy atom. The van der Waals surface area contributed by atoms with Gasteiger partial charge in [0.1, 0.15) is 0 Å². The van der Waals surface area contributed by atoms with Crippen molar-refractivity contribution < 1.29 is 4.79 Å². The number of hydrogen-bond donors (Lipinski definition) is 1. The van der Waals surface area contributed by atoms with Gasteiger partial charge in [0, 0.05) is 19.3 Å². The van der Waals surface area contributed by atoms with Gasteiger partial charge in [0.15, 0.2) is 0 Å². The molecule has 0 bridgehead atoms. The second-order valence-corrected chi connectivity index (χ2v) is 7.26. The number of aromatic nitrogens is 2. The van der Waals surface area contributed by atoms with Crippen molar-refractivity contribution >= 4 is 5.91 Å². The maximum absolute atomic E-state index is 12.5. The summed E-state index contributed by atoms with van der Waals surface area (Å²) < 4.78 is 1.89. The van der Waals surface area contributed by atoms with Gasteiger partial charge in [-0.25, -0.2) is 0 Å². The van der Waals surface area contributed by atoms with Crippen LogP contribution in [-0.4, -0.2) is 40.7 Å². The number of hydrogen-bond acceptors (Lipinski definition) is 3. The van der Waals surface area contributed by atoms with Crippen molar-refractivity contribution in [2.45, 2.75) is 47.1 Å². The minimum Gasteiger partial charge on any atom is -0.341 e. The molecule has 0 spiro atoms. The summed E-state index contributed by atoms with van der Waals surface area (Å²) in [5, 5.41) is 4.35. The lowest BCUT2D eigenvalue weighted by molar-refractivity contribution is 0.0739. The van der Waals surface area contributed by atoms with Crippen molar-refractivity contribution in [3.63, 3.8) is 0 Å². The Morgan fingerprint density at radius 3 is 2.30 bits per heavy atom. The SMILES string of the molecule is Cc1c(C(=O)N(C)CC(C)(C)CN)cnn1C(C)(C)C. The minimum absolute atomic E-state index is 0.000440. The lowest BCUT2D eigenvalue weighted by Gasteiger charge is -2.29. The molecule has 5 heteroatoms. The first-order chi connectivity index (χ1) is 8.99. The van der Waals surface area contributed by atoms with Gasteiger partial charge in [-0.15, -0.1) is 0 Å². The Balaban J connectivity index is 2.97. The fraction of sp³-hybridized carbons (Fsp3) is 0.733. The van der Waals surface area contributed by atoms with E-state index in [2.05, 4.69) is 39.7 Å². The monoisotopic (exact) mass is 280 g/mol. The van der Waals surface area contributed by atoms with E-state index in [1.807, 2.05) is 18.7 Å². The third-order valence-corrected chi connectivity index (χ3v) is 3.44. The molecule has 0 aliphatic rings. The molecule has 1 aromatic heterocycles. The zero-order valence-corrected chi connectivity index (χ0v) is 13.8. The van der Waals surface area contributed by atoms with Crippen LogP contribution < -0.4 is 5.73 Å². The zero-order valence-electron chi connectivity index (χ0n) is 13.8. The molecule has 114 valence electrons. The number of nitrogens with two attached hydrogens (primary N) is 1. The smallest absolute Gasteiger partial charge is 0.257 e. The topological polar surface area (TPSA) is 64.2 Å². The fourth-order valence-electron chi connectivity index (χ4n) is 2.28. The van der Waals surface area contributed by atoms with Gasteiger partial charge >= 0.3 is 0 Å². The molecule has 0 saturated carbocycles. The van der Waals surface area contributed by atoms with E-state index in [-0.39, 0.29) is 16.9 Å². The highest BCUT2D eigenvalue weighted by atomic mass is 16.2. The van der Waals surface area contributed by atoms with Crippen molar-refractivity contribution in [3.05, 3.63) is 17.5 Å². The standard InChI is InChI=1S/C15H28N4O/c1-11-12(8-17-19(11)14(2,3)4)13(20)18(7)10-15(5,6)9-16/h8H,9-10,16H2,1-7H3. The largest absolute Gasteiger partial charge is 0.341 e. The Kier molecular flexibility index (Phi) is 4.64. The molecule has 5 nitrogen and oxygen atoms in total. The molecule has 0 radical (unpaired) electrons. The van der Waals surface area contributed by atoms with Crippen LogP contribution in [-0.2, 0) is 5.54 Å². The first kappa shape index (κ1) is 16.7. The molecule has 0 unspecified atom stereocenters. The highest BCUT2D eigenvalue weighted by molar-refractivity contribution is 5.94. The van der Waals surface area contributed by atoms with Gasteiger partial charge in [-0.05, 0) is 39.7 Å². The average molecular weight is 280 g/mol. The summed E-state index contributed by atoms with van der Waals surface area (Å²) in [7, 11) is 1.81. The summed E-state index contributed by atoms with van der Waals surface area (Å²) in [6, 6.07) is 0. The van der Waals surface area contributed by atoms with E-state index in [1.54, 1.807) is 11.1 Å². The third kappa shape index (κ3) is 3.60. The van der Waals surface area contributed by atoms with Gasteiger partial charge in [0.25, 0.3) is 5.91 Å². The maximum Gasteiger partial charge on any atom is 0.257 e. The average Bonchev–Trinajstić information content (AvgIpc) is 2.69. The molecule has 1 heterocycles. The number of rotatable bonds is 4. The number of nitrogens with zero attached hydrogens (tertiary/aromatic N) is 3. The molecule has 0 aliphatic carbocycles. The lowest BCUT2D eigenvalue weighted by Crippen LogP contribution is -2.40. The van der Waals surface area contributed by atoms with Gasteiger partial charge < -0.3 is 10.6 Å². The van der Waals surface area contributed by atoms with Crippen LogP contribution in [0.3, 0.4) is 0 Å². The van der Waals surface area contributed by atoms with E-state index in [0.29, 0.717) is 18.7 Å². The zero-order chi connectivity index (χ0) is 15.7.